The lowest BCUT2D eigenvalue weighted by Gasteiger charge is -2.32. The Kier molecular flexibility index (Phi) is 9.45. The molecule has 0 aliphatic carbocycles. The van der Waals surface area contributed by atoms with E-state index < -0.39 is 5.25 Å². The van der Waals surface area contributed by atoms with Crippen LogP contribution in [0.2, 0.25) is 10.0 Å². The van der Waals surface area contributed by atoms with Crippen LogP contribution in [0, 0.1) is 0 Å². The third kappa shape index (κ3) is 7.26. The van der Waals surface area contributed by atoms with Crippen LogP contribution in [-0.2, 0) is 9.59 Å². The largest absolute Gasteiger partial charge is 0.325 e. The summed E-state index contributed by atoms with van der Waals surface area (Å²) < 4.78 is 0. The predicted octanol–water partition coefficient (Wildman–Crippen LogP) is 6.92. The molecule has 0 radical (unpaired) electrons. The van der Waals surface area contributed by atoms with E-state index in [1.54, 1.807) is 41.3 Å². The molecule has 1 N–H and O–H groups in total. The normalized spacial score (nSPS) is 17.6. The molecule has 2 amide bonds. The fraction of sp³-hybridized carbons (Fsp3) is 0.375. The van der Waals surface area contributed by atoms with Gasteiger partial charge in [0.05, 0.1) is 5.69 Å². The van der Waals surface area contributed by atoms with E-state index in [0.717, 1.165) is 19.3 Å². The van der Waals surface area contributed by atoms with Crippen molar-refractivity contribution in [3.8, 4) is 0 Å². The molecule has 1 saturated heterocycles. The van der Waals surface area contributed by atoms with Crippen molar-refractivity contribution in [3.05, 3.63) is 58.6 Å². The Morgan fingerprint density at radius 3 is 2.53 bits per heavy atom. The van der Waals surface area contributed by atoms with Crippen molar-refractivity contribution in [3.63, 3.8) is 0 Å². The molecule has 1 fully saturated rings. The number of carbonyl (C=O) groups is 2. The minimum absolute atomic E-state index is 0.0914. The van der Waals surface area contributed by atoms with E-state index >= 15 is 0 Å². The van der Waals surface area contributed by atoms with E-state index in [9.17, 15) is 9.59 Å². The summed E-state index contributed by atoms with van der Waals surface area (Å²) in [5.74, 6) is -0.335. The molecule has 8 heteroatoms. The molecule has 1 aliphatic rings. The van der Waals surface area contributed by atoms with Gasteiger partial charge in [-0.2, -0.15) is 0 Å². The Morgan fingerprint density at radius 1 is 1.09 bits per heavy atom. The Bertz CT molecular complexity index is 983. The molecule has 3 rings (SSSR count). The number of benzene rings is 2. The molecule has 0 saturated carbocycles. The third-order valence-electron chi connectivity index (χ3n) is 5.04. The van der Waals surface area contributed by atoms with E-state index in [-0.39, 0.29) is 18.2 Å². The average molecular weight is 492 g/mol. The van der Waals surface area contributed by atoms with Gasteiger partial charge in [-0.1, -0.05) is 79.7 Å². The van der Waals surface area contributed by atoms with Gasteiger partial charge in [0.25, 0.3) is 0 Å². The first-order valence-electron chi connectivity index (χ1n) is 10.8. The molecule has 170 valence electrons. The minimum atomic E-state index is -0.573. The van der Waals surface area contributed by atoms with Crippen molar-refractivity contribution in [2.75, 3.05) is 11.9 Å². The SMILES string of the molecule is CCCCCCCN1C(=O)CC(C(=O)Nc2cccc(Cl)c2)SC1=Nc1cccc(Cl)c1. The maximum Gasteiger partial charge on any atom is 0.238 e. The maximum atomic E-state index is 13.0. The number of rotatable bonds is 9. The summed E-state index contributed by atoms with van der Waals surface area (Å²) in [6, 6.07) is 14.1. The molecule has 32 heavy (non-hydrogen) atoms. The number of nitrogens with zero attached hydrogens (tertiary/aromatic N) is 2. The highest BCUT2D eigenvalue weighted by Gasteiger charge is 2.35. The van der Waals surface area contributed by atoms with E-state index in [1.807, 2.05) is 12.1 Å². The van der Waals surface area contributed by atoms with Gasteiger partial charge in [0, 0.05) is 28.7 Å². The molecular formula is C24H27Cl2N3O2S. The lowest BCUT2D eigenvalue weighted by molar-refractivity contribution is -0.129. The van der Waals surface area contributed by atoms with Crippen LogP contribution < -0.4 is 5.32 Å². The molecule has 5 nitrogen and oxygen atoms in total. The van der Waals surface area contributed by atoms with E-state index in [1.165, 1.54) is 24.6 Å². The van der Waals surface area contributed by atoms with Crippen molar-refractivity contribution in [2.24, 2.45) is 4.99 Å². The first kappa shape index (κ1) is 24.6. The van der Waals surface area contributed by atoms with Gasteiger partial charge in [0.15, 0.2) is 5.17 Å². The number of anilines is 1. The summed E-state index contributed by atoms with van der Waals surface area (Å²) in [6.45, 7) is 2.77. The number of aliphatic imine (C=N–C) groups is 1. The zero-order valence-corrected chi connectivity index (χ0v) is 20.3. The molecular weight excluding hydrogens is 465 g/mol. The van der Waals surface area contributed by atoms with Crippen LogP contribution in [0.15, 0.2) is 53.5 Å². The van der Waals surface area contributed by atoms with E-state index in [4.69, 9.17) is 23.2 Å². The number of thioether (sulfide) groups is 1. The molecule has 0 bridgehead atoms. The molecule has 1 aliphatic heterocycles. The van der Waals surface area contributed by atoms with Gasteiger partial charge in [-0.05, 0) is 42.8 Å². The number of amidine groups is 1. The fourth-order valence-electron chi connectivity index (χ4n) is 3.38. The zero-order chi connectivity index (χ0) is 22.9. The molecule has 0 aromatic heterocycles. The summed E-state index contributed by atoms with van der Waals surface area (Å²) in [6.07, 6.45) is 5.60. The smallest absolute Gasteiger partial charge is 0.238 e. The Hall–Kier alpha value is -2.02. The Labute approximate surface area is 203 Å². The molecule has 0 spiro atoms. The summed E-state index contributed by atoms with van der Waals surface area (Å²) in [7, 11) is 0. The second kappa shape index (κ2) is 12.3. The number of halogens is 2. The fourth-order valence-corrected chi connectivity index (χ4v) is 4.88. The molecule has 1 heterocycles. The third-order valence-corrected chi connectivity index (χ3v) is 6.70. The van der Waals surface area contributed by atoms with Gasteiger partial charge >= 0.3 is 0 Å². The summed E-state index contributed by atoms with van der Waals surface area (Å²) in [4.78, 5) is 32.3. The quantitative estimate of drug-likeness (QED) is 0.387. The second-order valence-corrected chi connectivity index (χ2v) is 9.69. The number of carbonyl (C=O) groups excluding carboxylic acids is 2. The van der Waals surface area contributed by atoms with Crippen LogP contribution in [-0.4, -0.2) is 33.7 Å². The topological polar surface area (TPSA) is 61.8 Å². The van der Waals surface area contributed by atoms with Crippen LogP contribution in [0.3, 0.4) is 0 Å². The monoisotopic (exact) mass is 491 g/mol. The van der Waals surface area contributed by atoms with Crippen LogP contribution >= 0.6 is 35.0 Å². The van der Waals surface area contributed by atoms with Crippen LogP contribution in [0.4, 0.5) is 11.4 Å². The summed E-state index contributed by atoms with van der Waals surface area (Å²) >= 11 is 13.4. The van der Waals surface area contributed by atoms with Gasteiger partial charge in [-0.25, -0.2) is 4.99 Å². The highest BCUT2D eigenvalue weighted by molar-refractivity contribution is 8.15. The number of hydrogen-bond donors (Lipinski definition) is 1. The van der Waals surface area contributed by atoms with Crippen molar-refractivity contribution < 1.29 is 9.59 Å². The first-order chi connectivity index (χ1) is 15.5. The molecule has 1 unspecified atom stereocenters. The van der Waals surface area contributed by atoms with Gasteiger partial charge in [-0.3, -0.25) is 14.5 Å². The lowest BCUT2D eigenvalue weighted by atomic mass is 10.1. The number of unbranched alkanes of at least 4 members (excludes halogenated alkanes) is 4. The predicted molar refractivity (Wildman–Crippen MR) is 135 cm³/mol. The number of hydrogen-bond acceptors (Lipinski definition) is 4. The Balaban J connectivity index is 1.76. The van der Waals surface area contributed by atoms with E-state index in [0.29, 0.717) is 33.1 Å². The zero-order valence-electron chi connectivity index (χ0n) is 18.0. The molecule has 2 aromatic carbocycles. The van der Waals surface area contributed by atoms with Gasteiger partial charge in [0.2, 0.25) is 11.8 Å². The Morgan fingerprint density at radius 2 is 1.81 bits per heavy atom. The summed E-state index contributed by atoms with van der Waals surface area (Å²) in [5, 5.41) is 3.92. The van der Waals surface area contributed by atoms with Crippen LogP contribution in [0.1, 0.15) is 45.4 Å². The van der Waals surface area contributed by atoms with Gasteiger partial charge in [-0.15, -0.1) is 0 Å². The molecule has 1 atom stereocenters. The maximum absolute atomic E-state index is 13.0. The van der Waals surface area contributed by atoms with Crippen LogP contribution in [0.25, 0.3) is 0 Å². The molecule has 2 aromatic rings. The number of nitrogens with one attached hydrogen (secondary N) is 1. The highest BCUT2D eigenvalue weighted by Crippen LogP contribution is 2.31. The van der Waals surface area contributed by atoms with Gasteiger partial charge in [0.1, 0.15) is 5.25 Å². The van der Waals surface area contributed by atoms with Crippen molar-refractivity contribution in [1.82, 2.24) is 4.90 Å². The summed E-state index contributed by atoms with van der Waals surface area (Å²) in [5.41, 5.74) is 1.25. The highest BCUT2D eigenvalue weighted by atomic mass is 35.5. The van der Waals surface area contributed by atoms with Crippen molar-refractivity contribution in [1.29, 1.82) is 0 Å². The van der Waals surface area contributed by atoms with Gasteiger partial charge < -0.3 is 5.32 Å². The first-order valence-corrected chi connectivity index (χ1v) is 12.5. The minimum Gasteiger partial charge on any atom is -0.325 e. The number of amides is 2. The van der Waals surface area contributed by atoms with Crippen molar-refractivity contribution >= 4 is 63.3 Å². The average Bonchev–Trinajstić information content (AvgIpc) is 2.75. The standard InChI is InChI=1S/C24H27Cl2N3O2S/c1-2-3-4-5-6-13-29-22(30)16-21(23(31)27-19-11-7-9-17(25)14-19)32-24(29)28-20-12-8-10-18(26)15-20/h7-12,14-15,21H,2-6,13,16H2,1H3,(H,27,31). The lowest BCUT2D eigenvalue weighted by Crippen LogP contribution is -2.45. The van der Waals surface area contributed by atoms with Crippen LogP contribution in [0.5, 0.6) is 0 Å². The van der Waals surface area contributed by atoms with Crippen molar-refractivity contribution in [2.45, 2.75) is 50.7 Å². The van der Waals surface area contributed by atoms with E-state index in [2.05, 4.69) is 17.2 Å². The second-order valence-electron chi connectivity index (χ2n) is 7.64.